The van der Waals surface area contributed by atoms with Crippen LogP contribution in [0.5, 0.6) is 5.75 Å². The Bertz CT molecular complexity index is 1210. The van der Waals surface area contributed by atoms with Gasteiger partial charge in [-0.15, -0.1) is 0 Å². The second-order valence-corrected chi connectivity index (χ2v) is 9.26. The Morgan fingerprint density at radius 1 is 1.22 bits per heavy atom. The summed E-state index contributed by atoms with van der Waals surface area (Å²) in [6.45, 7) is 9.91. The Labute approximate surface area is 187 Å². The van der Waals surface area contributed by atoms with Gasteiger partial charge in [-0.3, -0.25) is 4.98 Å². The van der Waals surface area contributed by atoms with Crippen LogP contribution in [0.3, 0.4) is 0 Å². The number of fused-ring (bicyclic) bond motifs is 2. The minimum atomic E-state index is -1.25. The largest absolute Gasteiger partial charge is 0.493 e. The summed E-state index contributed by atoms with van der Waals surface area (Å²) in [6.07, 6.45) is 0.540. The number of nitrogens with zero attached hydrogens (tertiary/aromatic N) is 1. The van der Waals surface area contributed by atoms with Crippen molar-refractivity contribution in [3.63, 3.8) is 0 Å². The van der Waals surface area contributed by atoms with Crippen molar-refractivity contribution >= 4 is 16.9 Å². The van der Waals surface area contributed by atoms with E-state index in [0.717, 1.165) is 35.3 Å². The number of aryl methyl sites for hydroxylation is 1. The average Bonchev–Trinajstić information content (AvgIpc) is 2.72. The molecule has 1 aromatic heterocycles. The van der Waals surface area contributed by atoms with Gasteiger partial charge in [0, 0.05) is 16.6 Å². The number of carboxylic acid groups (broad SMARTS) is 1. The standard InChI is InChI=1S/C26H28FNO4/c1-14-17-7-6-12-31-21(17)11-9-18(14)23-19-13-16(27)8-10-20(19)28-15(2)22(23)24(25(29)30)32-26(3,4)5/h8-11,13,24H,6-7,12H2,1-5H3,(H,29,30)/t24-/m0/s1. The lowest BCUT2D eigenvalue weighted by molar-refractivity contribution is -0.160. The smallest absolute Gasteiger partial charge is 0.337 e. The van der Waals surface area contributed by atoms with Crippen molar-refractivity contribution in [3.05, 3.63) is 58.5 Å². The molecule has 0 radical (unpaired) electrons. The fraction of sp³-hybridized carbons (Fsp3) is 0.385. The van der Waals surface area contributed by atoms with Crippen LogP contribution >= 0.6 is 0 Å². The predicted octanol–water partition coefficient (Wildman–Crippen LogP) is 5.92. The van der Waals surface area contributed by atoms with Crippen LogP contribution < -0.4 is 4.74 Å². The van der Waals surface area contributed by atoms with Crippen LogP contribution in [0.4, 0.5) is 4.39 Å². The molecule has 32 heavy (non-hydrogen) atoms. The minimum absolute atomic E-state index is 0.405. The van der Waals surface area contributed by atoms with E-state index in [2.05, 4.69) is 4.98 Å². The predicted molar refractivity (Wildman–Crippen MR) is 122 cm³/mol. The van der Waals surface area contributed by atoms with Crippen LogP contribution in [0, 0.1) is 19.7 Å². The second kappa shape index (κ2) is 8.17. The van der Waals surface area contributed by atoms with Gasteiger partial charge in [0.25, 0.3) is 0 Å². The molecular weight excluding hydrogens is 409 g/mol. The first-order valence-corrected chi connectivity index (χ1v) is 10.8. The van der Waals surface area contributed by atoms with Crippen molar-refractivity contribution in [1.82, 2.24) is 4.98 Å². The Hall–Kier alpha value is -2.99. The number of carboxylic acids is 1. The molecule has 0 aliphatic carbocycles. The number of rotatable bonds is 4. The lowest BCUT2D eigenvalue weighted by Gasteiger charge is -2.29. The number of carbonyl (C=O) groups is 1. The Balaban J connectivity index is 2.09. The van der Waals surface area contributed by atoms with Crippen LogP contribution in [0.25, 0.3) is 22.0 Å². The summed E-state index contributed by atoms with van der Waals surface area (Å²) < 4.78 is 26.2. The fourth-order valence-electron chi connectivity index (χ4n) is 4.45. The van der Waals surface area contributed by atoms with Gasteiger partial charge in [-0.1, -0.05) is 6.07 Å². The van der Waals surface area contributed by atoms with Crippen molar-refractivity contribution in [2.24, 2.45) is 0 Å². The van der Waals surface area contributed by atoms with Crippen molar-refractivity contribution in [1.29, 1.82) is 0 Å². The summed E-state index contributed by atoms with van der Waals surface area (Å²) in [7, 11) is 0. The Morgan fingerprint density at radius 2 is 1.97 bits per heavy atom. The van der Waals surface area contributed by atoms with Crippen molar-refractivity contribution in [2.45, 2.75) is 59.2 Å². The lowest BCUT2D eigenvalue weighted by Crippen LogP contribution is -2.28. The van der Waals surface area contributed by atoms with E-state index >= 15 is 0 Å². The number of pyridine rings is 1. The molecule has 0 fully saturated rings. The van der Waals surface area contributed by atoms with Gasteiger partial charge in [-0.05, 0) is 94.0 Å². The minimum Gasteiger partial charge on any atom is -0.493 e. The summed E-state index contributed by atoms with van der Waals surface area (Å²) in [6, 6.07) is 8.26. The van der Waals surface area contributed by atoms with Crippen LogP contribution in [0.2, 0.25) is 0 Å². The molecule has 0 saturated carbocycles. The molecule has 0 unspecified atom stereocenters. The molecule has 0 saturated heterocycles. The molecule has 1 N–H and O–H groups in total. The first-order valence-electron chi connectivity index (χ1n) is 10.8. The van der Waals surface area contributed by atoms with Crippen LogP contribution in [-0.2, 0) is 16.0 Å². The zero-order valence-electron chi connectivity index (χ0n) is 19.1. The molecule has 0 spiro atoms. The van der Waals surface area contributed by atoms with Crippen molar-refractivity contribution < 1.29 is 23.8 Å². The van der Waals surface area contributed by atoms with E-state index in [-0.39, 0.29) is 0 Å². The highest BCUT2D eigenvalue weighted by atomic mass is 19.1. The zero-order chi connectivity index (χ0) is 23.2. The number of hydrogen-bond donors (Lipinski definition) is 1. The van der Waals surface area contributed by atoms with Crippen molar-refractivity contribution in [2.75, 3.05) is 6.61 Å². The van der Waals surface area contributed by atoms with Crippen LogP contribution in [0.15, 0.2) is 30.3 Å². The molecule has 6 heteroatoms. The van der Waals surface area contributed by atoms with Gasteiger partial charge >= 0.3 is 5.97 Å². The molecule has 5 nitrogen and oxygen atoms in total. The fourth-order valence-corrected chi connectivity index (χ4v) is 4.45. The third-order valence-corrected chi connectivity index (χ3v) is 5.79. The van der Waals surface area contributed by atoms with Gasteiger partial charge in [0.05, 0.1) is 17.7 Å². The van der Waals surface area contributed by atoms with Gasteiger partial charge in [0.15, 0.2) is 6.10 Å². The number of aromatic nitrogens is 1. The molecule has 1 aliphatic rings. The molecule has 4 rings (SSSR count). The van der Waals surface area contributed by atoms with E-state index in [9.17, 15) is 14.3 Å². The number of benzene rings is 2. The number of hydrogen-bond acceptors (Lipinski definition) is 4. The van der Waals surface area contributed by atoms with E-state index in [1.165, 1.54) is 12.1 Å². The molecule has 1 atom stereocenters. The van der Waals surface area contributed by atoms with Gasteiger partial charge < -0.3 is 14.6 Å². The maximum atomic E-state index is 14.4. The highest BCUT2D eigenvalue weighted by molar-refractivity contribution is 5.99. The Kier molecular flexibility index (Phi) is 5.67. The van der Waals surface area contributed by atoms with E-state index in [1.807, 2.05) is 39.8 Å². The summed E-state index contributed by atoms with van der Waals surface area (Å²) in [5.74, 6) is -0.667. The molecule has 0 bridgehead atoms. The van der Waals surface area contributed by atoms with E-state index < -0.39 is 23.5 Å². The molecule has 3 aromatic rings. The monoisotopic (exact) mass is 437 g/mol. The summed E-state index contributed by atoms with van der Waals surface area (Å²) in [5.41, 5.74) is 4.48. The average molecular weight is 438 g/mol. The van der Waals surface area contributed by atoms with E-state index in [0.29, 0.717) is 34.3 Å². The summed E-state index contributed by atoms with van der Waals surface area (Å²) >= 11 is 0. The van der Waals surface area contributed by atoms with Crippen LogP contribution in [0.1, 0.15) is 55.7 Å². The van der Waals surface area contributed by atoms with Gasteiger partial charge in [-0.2, -0.15) is 0 Å². The van der Waals surface area contributed by atoms with Gasteiger partial charge in [0.2, 0.25) is 0 Å². The van der Waals surface area contributed by atoms with Gasteiger partial charge in [0.1, 0.15) is 11.6 Å². The first-order chi connectivity index (χ1) is 15.1. The number of ether oxygens (including phenoxy) is 2. The normalized spacial score (nSPS) is 14.7. The van der Waals surface area contributed by atoms with Gasteiger partial charge in [-0.25, -0.2) is 9.18 Å². The van der Waals surface area contributed by atoms with E-state index in [4.69, 9.17) is 9.47 Å². The zero-order valence-corrected chi connectivity index (χ0v) is 19.1. The molecule has 2 heterocycles. The second-order valence-electron chi connectivity index (χ2n) is 9.26. The molecule has 168 valence electrons. The highest BCUT2D eigenvalue weighted by Gasteiger charge is 2.33. The number of halogens is 1. The third kappa shape index (κ3) is 4.07. The molecule has 2 aromatic carbocycles. The van der Waals surface area contributed by atoms with Crippen LogP contribution in [-0.4, -0.2) is 28.3 Å². The molecular formula is C26H28FNO4. The molecule has 0 amide bonds. The third-order valence-electron chi connectivity index (χ3n) is 5.79. The van der Waals surface area contributed by atoms with E-state index in [1.54, 1.807) is 13.0 Å². The van der Waals surface area contributed by atoms with Crippen molar-refractivity contribution in [3.8, 4) is 16.9 Å². The quantitative estimate of drug-likeness (QED) is 0.548. The first kappa shape index (κ1) is 22.2. The number of aliphatic carboxylic acids is 1. The topological polar surface area (TPSA) is 68.7 Å². The summed E-state index contributed by atoms with van der Waals surface area (Å²) in [4.78, 5) is 17.0. The highest BCUT2D eigenvalue weighted by Crippen LogP contribution is 2.43. The SMILES string of the molecule is Cc1nc2ccc(F)cc2c(-c2ccc3c(c2C)CCCO3)c1[C@H](OC(C)(C)C)C(=O)O. The summed E-state index contributed by atoms with van der Waals surface area (Å²) in [5, 5.41) is 10.7. The lowest BCUT2D eigenvalue weighted by atomic mass is 9.86. The maximum absolute atomic E-state index is 14.4. The molecule has 1 aliphatic heterocycles. The maximum Gasteiger partial charge on any atom is 0.337 e. The Morgan fingerprint density at radius 3 is 2.66 bits per heavy atom.